The zero-order chi connectivity index (χ0) is 29.8. The van der Waals surface area contributed by atoms with E-state index in [1.165, 1.54) is 30.4 Å². The first-order chi connectivity index (χ1) is 19.3. The maximum atomic E-state index is 13.0. The fraction of sp³-hybridized carbons (Fsp3) is 0.818. The Kier molecular flexibility index (Phi) is 10.7. The molecule has 234 valence electrons. The summed E-state index contributed by atoms with van der Waals surface area (Å²) in [5.41, 5.74) is 2.76. The van der Waals surface area contributed by atoms with E-state index in [1.54, 1.807) is 0 Å². The molecular formula is C33H50F5NO2. The van der Waals surface area contributed by atoms with Gasteiger partial charge < -0.3 is 15.1 Å². The maximum absolute atomic E-state index is 13.0. The first-order valence-electron chi connectivity index (χ1n) is 16.0. The molecule has 41 heavy (non-hydrogen) atoms. The average Bonchev–Trinajstić information content (AvgIpc) is 3.20. The second-order valence-corrected chi connectivity index (χ2v) is 13.7. The van der Waals surface area contributed by atoms with E-state index in [1.807, 2.05) is 19.2 Å². The number of phenols is 1. The molecule has 0 radical (unpaired) electrons. The van der Waals surface area contributed by atoms with Crippen LogP contribution in [-0.4, -0.2) is 53.5 Å². The van der Waals surface area contributed by atoms with Crippen LogP contribution in [-0.2, 0) is 6.42 Å². The van der Waals surface area contributed by atoms with Gasteiger partial charge in [-0.1, -0.05) is 45.1 Å². The number of aliphatic hydroxyl groups is 1. The fourth-order valence-electron chi connectivity index (χ4n) is 8.61. The molecule has 2 fully saturated rings. The van der Waals surface area contributed by atoms with Crippen LogP contribution in [0.2, 0.25) is 0 Å². The van der Waals surface area contributed by atoms with Crippen LogP contribution in [0.1, 0.15) is 114 Å². The standard InChI is InChI=1S/C33H50F5NO2/c1-31-22-24(30-26-15-13-25(40)21-23(26)12-14-27(30)28(31)16-17-29(31)41)11-7-3-5-9-19-39(2)20-10-6-4-8-18-32(34,35)33(36,37)38/h13,15,21,24,27-30,40-41H,3-12,14,16-20,22H2,1-2H3/t24-,27-,28-,29-,30+,31-/m0/s1. The number of unbranched alkanes of at least 4 members (excludes halogenated alkanes) is 6. The molecule has 1 aromatic rings. The largest absolute Gasteiger partial charge is 0.508 e. The molecular weight excluding hydrogens is 537 g/mol. The number of aliphatic hydroxyl groups excluding tert-OH is 1. The van der Waals surface area contributed by atoms with Crippen LogP contribution in [0.25, 0.3) is 0 Å². The van der Waals surface area contributed by atoms with Gasteiger partial charge in [-0.3, -0.25) is 0 Å². The summed E-state index contributed by atoms with van der Waals surface area (Å²) in [5.74, 6) is -1.96. The Hall–Kier alpha value is -1.41. The number of aryl methyl sites for hydroxylation is 1. The first-order valence-corrected chi connectivity index (χ1v) is 16.0. The van der Waals surface area contributed by atoms with E-state index in [-0.39, 0.29) is 17.9 Å². The molecule has 8 heteroatoms. The predicted molar refractivity (Wildman–Crippen MR) is 152 cm³/mol. The Labute approximate surface area is 242 Å². The van der Waals surface area contributed by atoms with Crippen molar-refractivity contribution in [2.24, 2.45) is 23.2 Å². The summed E-state index contributed by atoms with van der Waals surface area (Å²) in [6.45, 7) is 4.12. The van der Waals surface area contributed by atoms with E-state index in [4.69, 9.17) is 0 Å². The quantitative estimate of drug-likeness (QED) is 0.169. The van der Waals surface area contributed by atoms with Gasteiger partial charge in [0.2, 0.25) is 0 Å². The number of alkyl halides is 5. The molecule has 6 atom stereocenters. The maximum Gasteiger partial charge on any atom is 0.453 e. The summed E-state index contributed by atoms with van der Waals surface area (Å²) < 4.78 is 62.7. The minimum Gasteiger partial charge on any atom is -0.508 e. The monoisotopic (exact) mass is 587 g/mol. The minimum atomic E-state index is -5.45. The first kappa shape index (κ1) is 32.5. The minimum absolute atomic E-state index is 0.0160. The predicted octanol–water partition coefficient (Wildman–Crippen LogP) is 8.87. The number of rotatable bonds is 14. The van der Waals surface area contributed by atoms with Gasteiger partial charge in [0.15, 0.2) is 0 Å². The molecule has 0 bridgehead atoms. The van der Waals surface area contributed by atoms with Gasteiger partial charge in [0.1, 0.15) is 5.75 Å². The van der Waals surface area contributed by atoms with Gasteiger partial charge in [0, 0.05) is 6.42 Å². The van der Waals surface area contributed by atoms with Crippen molar-refractivity contribution in [3.63, 3.8) is 0 Å². The van der Waals surface area contributed by atoms with E-state index < -0.39 is 18.5 Å². The van der Waals surface area contributed by atoms with Crippen LogP contribution in [0.4, 0.5) is 22.0 Å². The van der Waals surface area contributed by atoms with E-state index in [2.05, 4.69) is 17.9 Å². The highest BCUT2D eigenvalue weighted by Gasteiger charge is 2.57. The highest BCUT2D eigenvalue weighted by Crippen LogP contribution is 2.63. The van der Waals surface area contributed by atoms with E-state index >= 15 is 0 Å². The molecule has 0 unspecified atom stereocenters. The Morgan fingerprint density at radius 2 is 1.56 bits per heavy atom. The van der Waals surface area contributed by atoms with Gasteiger partial charge in [-0.2, -0.15) is 22.0 Å². The van der Waals surface area contributed by atoms with Gasteiger partial charge >= 0.3 is 12.1 Å². The molecule has 1 aromatic carbocycles. The molecule has 0 aliphatic heterocycles. The summed E-state index contributed by atoms with van der Waals surface area (Å²) >= 11 is 0. The number of benzene rings is 1. The normalized spacial score (nSPS) is 29.8. The second-order valence-electron chi connectivity index (χ2n) is 13.7. The van der Waals surface area contributed by atoms with Gasteiger partial charge in [-0.25, -0.2) is 0 Å². The SMILES string of the molecule is CN(CCCCCC[C@H]1C[C@]2(C)[C@@H](O)CC[C@H]2[C@@H]2CCc3cc(O)ccc3[C@@H]12)CCCCCCC(F)(F)C(F)(F)F. The number of fused-ring (bicyclic) bond motifs is 5. The molecule has 2 N–H and O–H groups in total. The van der Waals surface area contributed by atoms with Crippen molar-refractivity contribution >= 4 is 0 Å². The van der Waals surface area contributed by atoms with Crippen LogP contribution in [0.15, 0.2) is 18.2 Å². The van der Waals surface area contributed by atoms with Crippen LogP contribution in [0, 0.1) is 23.2 Å². The highest BCUT2D eigenvalue weighted by molar-refractivity contribution is 5.40. The highest BCUT2D eigenvalue weighted by atomic mass is 19.4. The number of hydrogen-bond donors (Lipinski definition) is 2. The summed E-state index contributed by atoms with van der Waals surface area (Å²) in [7, 11) is 2.04. The van der Waals surface area contributed by atoms with Crippen molar-refractivity contribution in [2.75, 3.05) is 20.1 Å². The Bertz CT molecular complexity index is 985. The molecule has 4 rings (SSSR count). The third-order valence-corrected chi connectivity index (χ3v) is 10.8. The molecule has 0 spiro atoms. The molecule has 0 heterocycles. The summed E-state index contributed by atoms with van der Waals surface area (Å²) in [6.07, 6.45) is 6.02. The second kappa shape index (κ2) is 13.5. The Morgan fingerprint density at radius 3 is 2.24 bits per heavy atom. The van der Waals surface area contributed by atoms with Crippen molar-refractivity contribution in [3.8, 4) is 5.75 Å². The smallest absolute Gasteiger partial charge is 0.453 e. The number of phenolic OH excluding ortho intramolecular Hbond substituents is 1. The lowest BCUT2D eigenvalue weighted by molar-refractivity contribution is -0.284. The lowest BCUT2D eigenvalue weighted by Gasteiger charge is -2.54. The molecule has 3 nitrogen and oxygen atoms in total. The zero-order valence-electron chi connectivity index (χ0n) is 24.9. The molecule has 2 saturated carbocycles. The lowest BCUT2D eigenvalue weighted by atomic mass is 9.51. The van der Waals surface area contributed by atoms with Crippen LogP contribution < -0.4 is 0 Å². The summed E-state index contributed by atoms with van der Waals surface area (Å²) in [4.78, 5) is 2.23. The molecule has 3 aliphatic rings. The zero-order valence-corrected chi connectivity index (χ0v) is 24.9. The molecule has 0 amide bonds. The van der Waals surface area contributed by atoms with Gasteiger partial charge in [-0.15, -0.1) is 0 Å². The Morgan fingerprint density at radius 1 is 0.902 bits per heavy atom. The summed E-state index contributed by atoms with van der Waals surface area (Å²) in [6, 6.07) is 5.97. The van der Waals surface area contributed by atoms with Crippen molar-refractivity contribution in [3.05, 3.63) is 29.3 Å². The van der Waals surface area contributed by atoms with E-state index in [9.17, 15) is 32.2 Å². The van der Waals surface area contributed by atoms with Crippen LogP contribution in [0.5, 0.6) is 5.75 Å². The van der Waals surface area contributed by atoms with Gasteiger partial charge in [0.25, 0.3) is 0 Å². The van der Waals surface area contributed by atoms with Gasteiger partial charge in [0.05, 0.1) is 6.10 Å². The van der Waals surface area contributed by atoms with E-state index in [0.717, 1.165) is 64.5 Å². The van der Waals surface area contributed by atoms with Crippen molar-refractivity contribution in [1.82, 2.24) is 4.90 Å². The molecule has 3 aliphatic carbocycles. The van der Waals surface area contributed by atoms with Crippen molar-refractivity contribution < 1.29 is 32.2 Å². The third kappa shape index (κ3) is 7.57. The van der Waals surface area contributed by atoms with Crippen molar-refractivity contribution in [1.29, 1.82) is 0 Å². The van der Waals surface area contributed by atoms with E-state index in [0.29, 0.717) is 42.3 Å². The summed E-state index contributed by atoms with van der Waals surface area (Å²) in [5, 5.41) is 21.0. The van der Waals surface area contributed by atoms with Crippen LogP contribution in [0.3, 0.4) is 0 Å². The average molecular weight is 588 g/mol. The number of aromatic hydroxyl groups is 1. The van der Waals surface area contributed by atoms with Crippen LogP contribution >= 0.6 is 0 Å². The Balaban J connectivity index is 1.16. The van der Waals surface area contributed by atoms with Gasteiger partial charge in [-0.05, 0) is 130 Å². The number of halogens is 5. The van der Waals surface area contributed by atoms with Crippen molar-refractivity contribution in [2.45, 2.75) is 127 Å². The topological polar surface area (TPSA) is 43.7 Å². The fourth-order valence-corrected chi connectivity index (χ4v) is 8.61. The third-order valence-electron chi connectivity index (χ3n) is 10.8. The number of nitrogens with zero attached hydrogens (tertiary/aromatic N) is 1. The molecule has 0 aromatic heterocycles. The molecule has 0 saturated heterocycles. The number of hydrogen-bond acceptors (Lipinski definition) is 3. The lowest BCUT2D eigenvalue weighted by Crippen LogP contribution is -2.47.